The highest BCUT2D eigenvalue weighted by molar-refractivity contribution is 5.40. The highest BCUT2D eigenvalue weighted by atomic mass is 16.5. The summed E-state index contributed by atoms with van der Waals surface area (Å²) in [4.78, 5) is 0. The van der Waals surface area contributed by atoms with Gasteiger partial charge in [-0.05, 0) is 24.3 Å². The van der Waals surface area contributed by atoms with Gasteiger partial charge in [-0.3, -0.25) is 0 Å². The fourth-order valence-electron chi connectivity index (χ4n) is 3.08. The predicted octanol–water partition coefficient (Wildman–Crippen LogP) is 3.76. The second-order valence-electron chi connectivity index (χ2n) is 6.15. The monoisotopic (exact) mass is 277 g/mol. The van der Waals surface area contributed by atoms with E-state index in [1.165, 1.54) is 37.7 Å². The average Bonchev–Trinajstić information content (AvgIpc) is 2.48. The summed E-state index contributed by atoms with van der Waals surface area (Å²) in [5.74, 6) is 1.73. The van der Waals surface area contributed by atoms with Crippen molar-refractivity contribution in [3.8, 4) is 11.5 Å². The lowest BCUT2D eigenvalue weighted by molar-refractivity contribution is 0.207. The van der Waals surface area contributed by atoms with E-state index in [0.717, 1.165) is 24.6 Å². The van der Waals surface area contributed by atoms with E-state index in [1.807, 2.05) is 12.1 Å². The second kappa shape index (κ2) is 6.98. The van der Waals surface area contributed by atoms with E-state index in [2.05, 4.69) is 18.3 Å². The van der Waals surface area contributed by atoms with Crippen LogP contribution < -0.4 is 14.8 Å². The molecule has 0 heterocycles. The summed E-state index contributed by atoms with van der Waals surface area (Å²) in [6, 6.07) is 6.01. The minimum absolute atomic E-state index is 0.470. The first-order chi connectivity index (χ1) is 9.67. The van der Waals surface area contributed by atoms with Gasteiger partial charge in [0.1, 0.15) is 11.5 Å². The third-order valence-corrected chi connectivity index (χ3v) is 4.42. The van der Waals surface area contributed by atoms with Crippen molar-refractivity contribution in [2.24, 2.45) is 5.41 Å². The van der Waals surface area contributed by atoms with Crippen molar-refractivity contribution in [1.29, 1.82) is 0 Å². The van der Waals surface area contributed by atoms with Crippen LogP contribution in [0.15, 0.2) is 18.2 Å². The summed E-state index contributed by atoms with van der Waals surface area (Å²) in [5, 5.41) is 3.60. The van der Waals surface area contributed by atoms with Crippen LogP contribution in [0, 0.1) is 5.41 Å². The lowest BCUT2D eigenvalue weighted by Gasteiger charge is -2.33. The fourth-order valence-corrected chi connectivity index (χ4v) is 3.08. The zero-order chi connectivity index (χ0) is 14.4. The van der Waals surface area contributed by atoms with Crippen LogP contribution in [-0.2, 0) is 6.54 Å². The maximum atomic E-state index is 5.44. The van der Waals surface area contributed by atoms with E-state index >= 15 is 0 Å². The smallest absolute Gasteiger partial charge is 0.127 e. The van der Waals surface area contributed by atoms with Crippen molar-refractivity contribution in [3.05, 3.63) is 23.8 Å². The van der Waals surface area contributed by atoms with Gasteiger partial charge in [-0.2, -0.15) is 0 Å². The molecule has 0 aliphatic heterocycles. The van der Waals surface area contributed by atoms with E-state index < -0.39 is 0 Å². The van der Waals surface area contributed by atoms with Crippen molar-refractivity contribution in [2.75, 3.05) is 20.8 Å². The first-order valence-electron chi connectivity index (χ1n) is 7.58. The summed E-state index contributed by atoms with van der Waals surface area (Å²) < 4.78 is 10.7. The molecule has 2 rings (SSSR count). The molecule has 3 nitrogen and oxygen atoms in total. The van der Waals surface area contributed by atoms with E-state index in [9.17, 15) is 0 Å². The maximum absolute atomic E-state index is 5.44. The summed E-state index contributed by atoms with van der Waals surface area (Å²) in [7, 11) is 3.39. The van der Waals surface area contributed by atoms with Gasteiger partial charge in [0.25, 0.3) is 0 Å². The van der Waals surface area contributed by atoms with Crippen molar-refractivity contribution in [1.82, 2.24) is 5.32 Å². The molecule has 0 atom stereocenters. The molecular weight excluding hydrogens is 250 g/mol. The summed E-state index contributed by atoms with van der Waals surface area (Å²) in [6.07, 6.45) is 6.86. The third-order valence-electron chi connectivity index (χ3n) is 4.42. The van der Waals surface area contributed by atoms with E-state index in [4.69, 9.17) is 9.47 Å². The lowest BCUT2D eigenvalue weighted by atomic mass is 9.76. The van der Waals surface area contributed by atoms with Crippen molar-refractivity contribution >= 4 is 0 Å². The number of nitrogens with one attached hydrogen (secondary N) is 1. The Morgan fingerprint density at radius 1 is 1.10 bits per heavy atom. The normalized spacial score (nSPS) is 17.8. The Balaban J connectivity index is 1.90. The van der Waals surface area contributed by atoms with Gasteiger partial charge in [0, 0.05) is 24.7 Å². The highest BCUT2D eigenvalue weighted by Crippen LogP contribution is 2.35. The molecule has 1 N–H and O–H groups in total. The minimum atomic E-state index is 0.470. The van der Waals surface area contributed by atoms with Crippen LogP contribution in [0.5, 0.6) is 11.5 Å². The Bertz CT molecular complexity index is 425. The molecule has 0 spiro atoms. The number of hydrogen-bond acceptors (Lipinski definition) is 3. The summed E-state index contributed by atoms with van der Waals surface area (Å²) >= 11 is 0. The molecule has 1 aromatic rings. The molecule has 1 saturated carbocycles. The first kappa shape index (κ1) is 15.2. The average molecular weight is 277 g/mol. The third kappa shape index (κ3) is 3.89. The Labute approximate surface area is 122 Å². The van der Waals surface area contributed by atoms with Crippen LogP contribution >= 0.6 is 0 Å². The van der Waals surface area contributed by atoms with Gasteiger partial charge in [0.2, 0.25) is 0 Å². The Kier molecular flexibility index (Phi) is 5.30. The van der Waals surface area contributed by atoms with Gasteiger partial charge < -0.3 is 14.8 Å². The van der Waals surface area contributed by atoms with Gasteiger partial charge in [-0.15, -0.1) is 0 Å². The molecule has 1 aromatic carbocycles. The molecule has 0 saturated heterocycles. The minimum Gasteiger partial charge on any atom is -0.497 e. The zero-order valence-electron chi connectivity index (χ0n) is 13.0. The van der Waals surface area contributed by atoms with Crippen LogP contribution in [0.1, 0.15) is 44.6 Å². The standard InChI is InChI=1S/C17H27NO2/c1-17(9-5-4-6-10-17)13-18-12-14-7-8-15(19-2)11-16(14)20-3/h7-8,11,18H,4-6,9-10,12-13H2,1-3H3. The van der Waals surface area contributed by atoms with Gasteiger partial charge in [0.15, 0.2) is 0 Å². The van der Waals surface area contributed by atoms with Crippen LogP contribution in [0.2, 0.25) is 0 Å². The molecule has 1 aliphatic carbocycles. The molecule has 20 heavy (non-hydrogen) atoms. The molecule has 0 bridgehead atoms. The quantitative estimate of drug-likeness (QED) is 0.858. The zero-order valence-corrected chi connectivity index (χ0v) is 13.0. The van der Waals surface area contributed by atoms with Gasteiger partial charge in [-0.25, -0.2) is 0 Å². The Morgan fingerprint density at radius 3 is 2.50 bits per heavy atom. The molecule has 0 unspecified atom stereocenters. The fraction of sp³-hybridized carbons (Fsp3) is 0.647. The van der Waals surface area contributed by atoms with E-state index in [0.29, 0.717) is 5.41 Å². The van der Waals surface area contributed by atoms with E-state index in [-0.39, 0.29) is 0 Å². The van der Waals surface area contributed by atoms with Gasteiger partial charge in [-0.1, -0.05) is 32.3 Å². The molecule has 0 radical (unpaired) electrons. The Morgan fingerprint density at radius 2 is 1.85 bits per heavy atom. The van der Waals surface area contributed by atoms with Crippen LogP contribution in [0.4, 0.5) is 0 Å². The maximum Gasteiger partial charge on any atom is 0.127 e. The molecule has 0 aromatic heterocycles. The second-order valence-corrected chi connectivity index (χ2v) is 6.15. The molecule has 1 fully saturated rings. The number of benzene rings is 1. The largest absolute Gasteiger partial charge is 0.497 e. The van der Waals surface area contributed by atoms with Crippen molar-refractivity contribution < 1.29 is 9.47 Å². The number of rotatable bonds is 6. The molecule has 0 amide bonds. The molecule has 3 heteroatoms. The molecule has 112 valence electrons. The highest BCUT2D eigenvalue weighted by Gasteiger charge is 2.26. The summed E-state index contributed by atoms with van der Waals surface area (Å²) in [6.45, 7) is 4.34. The number of hydrogen-bond donors (Lipinski definition) is 1. The lowest BCUT2D eigenvalue weighted by Crippen LogP contribution is -2.33. The van der Waals surface area contributed by atoms with Crippen molar-refractivity contribution in [3.63, 3.8) is 0 Å². The number of ether oxygens (including phenoxy) is 2. The Hall–Kier alpha value is -1.22. The number of methoxy groups -OCH3 is 2. The molecule has 1 aliphatic rings. The van der Waals surface area contributed by atoms with E-state index in [1.54, 1.807) is 14.2 Å². The predicted molar refractivity (Wildman–Crippen MR) is 82.4 cm³/mol. The first-order valence-corrected chi connectivity index (χ1v) is 7.58. The van der Waals surface area contributed by atoms with Gasteiger partial charge >= 0.3 is 0 Å². The van der Waals surface area contributed by atoms with Crippen LogP contribution in [0.3, 0.4) is 0 Å². The summed E-state index contributed by atoms with van der Waals surface area (Å²) in [5.41, 5.74) is 1.66. The van der Waals surface area contributed by atoms with Gasteiger partial charge in [0.05, 0.1) is 14.2 Å². The molecular formula is C17H27NO2. The van der Waals surface area contributed by atoms with Crippen LogP contribution in [0.25, 0.3) is 0 Å². The SMILES string of the molecule is COc1ccc(CNCC2(C)CCCCC2)c(OC)c1. The van der Waals surface area contributed by atoms with Crippen molar-refractivity contribution in [2.45, 2.75) is 45.6 Å². The topological polar surface area (TPSA) is 30.5 Å². The van der Waals surface area contributed by atoms with Crippen LogP contribution in [-0.4, -0.2) is 20.8 Å².